The van der Waals surface area contributed by atoms with E-state index < -0.39 is 6.03 Å². The van der Waals surface area contributed by atoms with Gasteiger partial charge >= 0.3 is 6.03 Å². The number of urea groups is 1. The summed E-state index contributed by atoms with van der Waals surface area (Å²) in [5.74, 6) is 1.96. The molecule has 8 nitrogen and oxygen atoms in total. The molecule has 3 N–H and O–H groups in total. The van der Waals surface area contributed by atoms with Gasteiger partial charge in [0.1, 0.15) is 11.5 Å². The zero-order valence-corrected chi connectivity index (χ0v) is 24.6. The van der Waals surface area contributed by atoms with Crippen molar-refractivity contribution in [2.24, 2.45) is 11.7 Å². The third-order valence-corrected chi connectivity index (χ3v) is 7.93. The lowest BCUT2D eigenvalue weighted by Gasteiger charge is -2.19. The molecule has 0 radical (unpaired) electrons. The Hall–Kier alpha value is -3.07. The van der Waals surface area contributed by atoms with E-state index in [1.54, 1.807) is 38.4 Å². The van der Waals surface area contributed by atoms with Crippen molar-refractivity contribution >= 4 is 40.8 Å². The summed E-state index contributed by atoms with van der Waals surface area (Å²) < 4.78 is 12.0. The summed E-state index contributed by atoms with van der Waals surface area (Å²) >= 11 is 12.8. The summed E-state index contributed by atoms with van der Waals surface area (Å²) in [6.07, 6.45) is 7.48. The number of nitrogens with zero attached hydrogens (tertiary/aromatic N) is 2. The van der Waals surface area contributed by atoms with E-state index in [0.717, 1.165) is 41.8 Å². The topological polar surface area (TPSA) is 111 Å². The van der Waals surface area contributed by atoms with E-state index in [9.17, 15) is 9.59 Å². The Morgan fingerprint density at radius 1 is 1.10 bits per heavy atom. The first kappa shape index (κ1) is 29.9. The van der Waals surface area contributed by atoms with E-state index in [1.807, 2.05) is 18.2 Å². The lowest BCUT2D eigenvalue weighted by Crippen LogP contribution is -2.22. The van der Waals surface area contributed by atoms with Crippen LogP contribution < -0.4 is 11.1 Å². The van der Waals surface area contributed by atoms with E-state index in [4.69, 9.17) is 38.2 Å². The molecule has 10 heteroatoms. The van der Waals surface area contributed by atoms with Crippen LogP contribution in [0, 0.1) is 5.92 Å². The highest BCUT2D eigenvalue weighted by Gasteiger charge is 2.34. The van der Waals surface area contributed by atoms with Gasteiger partial charge in [-0.2, -0.15) is 0 Å². The van der Waals surface area contributed by atoms with Gasteiger partial charge in [0.2, 0.25) is 0 Å². The molecular formula is C30H36Cl2N4O4. The monoisotopic (exact) mass is 586 g/mol. The van der Waals surface area contributed by atoms with Crippen molar-refractivity contribution < 1.29 is 18.8 Å². The molecule has 40 heavy (non-hydrogen) atoms. The fourth-order valence-electron chi connectivity index (χ4n) is 5.06. The molecule has 2 aliphatic carbocycles. The van der Waals surface area contributed by atoms with Crippen LogP contribution >= 0.6 is 23.2 Å². The lowest BCUT2D eigenvalue weighted by molar-refractivity contribution is 0.0146. The van der Waals surface area contributed by atoms with Gasteiger partial charge in [0.05, 0.1) is 22.8 Å². The van der Waals surface area contributed by atoms with Gasteiger partial charge in [0, 0.05) is 42.4 Å². The third-order valence-electron chi connectivity index (χ3n) is 7.30. The summed E-state index contributed by atoms with van der Waals surface area (Å²) in [4.78, 5) is 23.6. The molecule has 0 saturated heterocycles. The van der Waals surface area contributed by atoms with Crippen molar-refractivity contribution in [3.63, 3.8) is 0 Å². The van der Waals surface area contributed by atoms with Gasteiger partial charge in [-0.05, 0) is 61.9 Å². The number of carbonyl (C=O) groups is 2. The van der Waals surface area contributed by atoms with Crippen LogP contribution in [0.5, 0.6) is 0 Å². The average molecular weight is 588 g/mol. The van der Waals surface area contributed by atoms with Crippen LogP contribution in [0.4, 0.5) is 10.5 Å². The van der Waals surface area contributed by atoms with Crippen molar-refractivity contribution in [2.45, 2.75) is 64.1 Å². The highest BCUT2D eigenvalue weighted by atomic mass is 35.5. The van der Waals surface area contributed by atoms with Crippen LogP contribution in [0.25, 0.3) is 11.3 Å². The number of anilines is 1. The zero-order valence-electron chi connectivity index (χ0n) is 23.1. The number of primary amides is 1. The molecular weight excluding hydrogens is 551 g/mol. The zero-order chi connectivity index (χ0) is 28.8. The lowest BCUT2D eigenvalue weighted by atomic mass is 10.0. The van der Waals surface area contributed by atoms with E-state index in [-0.39, 0.29) is 5.91 Å². The minimum atomic E-state index is -0.649. The number of nitrogens with two attached hydrogens (primary N) is 1. The number of hydrogen-bond acceptors (Lipinski definition) is 5. The number of hydrogen-bond donors (Lipinski definition) is 2. The van der Waals surface area contributed by atoms with Gasteiger partial charge in [-0.3, -0.25) is 4.79 Å². The van der Waals surface area contributed by atoms with Gasteiger partial charge in [0.25, 0.3) is 5.91 Å². The van der Waals surface area contributed by atoms with Gasteiger partial charge in [-0.15, -0.1) is 0 Å². The predicted molar refractivity (Wildman–Crippen MR) is 158 cm³/mol. The SMILES string of the molecule is CCC1CCCC1OCc1c(-c2c(Cl)cccc2Cl)noc1C1CC1.CN(C)C(=O)c1cccc(NC(N)=O)c1. The molecule has 2 unspecified atom stereocenters. The number of amides is 3. The van der Waals surface area contributed by atoms with Crippen molar-refractivity contribution in [3.8, 4) is 11.3 Å². The van der Waals surface area contributed by atoms with Gasteiger partial charge in [-0.1, -0.05) is 60.3 Å². The molecule has 0 bridgehead atoms. The first-order valence-electron chi connectivity index (χ1n) is 13.6. The first-order chi connectivity index (χ1) is 19.2. The van der Waals surface area contributed by atoms with E-state index >= 15 is 0 Å². The molecule has 2 aromatic carbocycles. The number of carbonyl (C=O) groups excluding carboxylic acids is 2. The molecule has 214 valence electrons. The Kier molecular flexibility index (Phi) is 10.1. The van der Waals surface area contributed by atoms with E-state index in [2.05, 4.69) is 17.4 Å². The van der Waals surface area contributed by atoms with Crippen molar-refractivity contribution in [1.82, 2.24) is 10.1 Å². The highest BCUT2D eigenvalue weighted by Crippen LogP contribution is 2.46. The second-order valence-electron chi connectivity index (χ2n) is 10.5. The summed E-state index contributed by atoms with van der Waals surface area (Å²) in [5.41, 5.74) is 8.50. The van der Waals surface area contributed by atoms with Crippen LogP contribution in [0.3, 0.4) is 0 Å². The molecule has 2 saturated carbocycles. The summed E-state index contributed by atoms with van der Waals surface area (Å²) in [6, 6.07) is 11.5. The van der Waals surface area contributed by atoms with Crippen molar-refractivity contribution in [1.29, 1.82) is 0 Å². The molecule has 3 aromatic rings. The predicted octanol–water partition coefficient (Wildman–Crippen LogP) is 7.50. The minimum absolute atomic E-state index is 0.122. The Labute approximate surface area is 245 Å². The number of halogens is 2. The number of benzene rings is 2. The van der Waals surface area contributed by atoms with Crippen LogP contribution in [-0.4, -0.2) is 42.2 Å². The molecule has 2 fully saturated rings. The standard InChI is InChI=1S/C20H23Cl2NO2.C10H13N3O2/c1-2-12-5-3-8-17(12)24-11-14-19(23-25-20(14)13-9-10-13)18-15(21)6-4-7-16(18)22;1-13(2)9(14)7-4-3-5-8(6-7)12-10(11)15/h4,6-7,12-13,17H,2-3,5,8-11H2,1H3;3-6H,1-2H3,(H3,11,12,15). The largest absolute Gasteiger partial charge is 0.373 e. The fourth-order valence-corrected chi connectivity index (χ4v) is 5.63. The number of aromatic nitrogens is 1. The van der Waals surface area contributed by atoms with Crippen molar-refractivity contribution in [3.05, 3.63) is 69.4 Å². The highest BCUT2D eigenvalue weighted by molar-refractivity contribution is 6.39. The smallest absolute Gasteiger partial charge is 0.316 e. The maximum absolute atomic E-state index is 11.6. The van der Waals surface area contributed by atoms with Crippen molar-refractivity contribution in [2.75, 3.05) is 19.4 Å². The van der Waals surface area contributed by atoms with Gasteiger partial charge in [0.15, 0.2) is 0 Å². The maximum Gasteiger partial charge on any atom is 0.316 e. The Bertz CT molecular complexity index is 1320. The van der Waals surface area contributed by atoms with Crippen LogP contribution in [0.1, 0.15) is 73.0 Å². The molecule has 1 heterocycles. The summed E-state index contributed by atoms with van der Waals surface area (Å²) in [7, 11) is 3.33. The second kappa shape index (κ2) is 13.5. The van der Waals surface area contributed by atoms with Gasteiger partial charge < -0.3 is 25.2 Å². The molecule has 2 aliphatic rings. The Morgan fingerprint density at radius 2 is 1.80 bits per heavy atom. The quantitative estimate of drug-likeness (QED) is 0.284. The average Bonchev–Trinajstić information content (AvgIpc) is 3.52. The van der Waals surface area contributed by atoms with Crippen LogP contribution in [0.15, 0.2) is 47.0 Å². The number of rotatable bonds is 8. The van der Waals surface area contributed by atoms with E-state index in [0.29, 0.717) is 45.8 Å². The maximum atomic E-state index is 11.6. The minimum Gasteiger partial charge on any atom is -0.373 e. The molecule has 2 atom stereocenters. The van der Waals surface area contributed by atoms with E-state index in [1.165, 1.54) is 24.2 Å². The molecule has 5 rings (SSSR count). The number of nitrogens with one attached hydrogen (secondary N) is 1. The van der Waals surface area contributed by atoms with Crippen LogP contribution in [0.2, 0.25) is 10.0 Å². The fraction of sp³-hybridized carbons (Fsp3) is 0.433. The normalized spacial score (nSPS) is 18.1. The summed E-state index contributed by atoms with van der Waals surface area (Å²) in [6.45, 7) is 2.77. The Balaban J connectivity index is 0.000000212. The van der Waals surface area contributed by atoms with Crippen LogP contribution in [-0.2, 0) is 11.3 Å². The number of ether oxygens (including phenoxy) is 1. The molecule has 1 aromatic heterocycles. The second-order valence-corrected chi connectivity index (χ2v) is 11.3. The Morgan fingerprint density at radius 3 is 2.42 bits per heavy atom. The molecule has 0 aliphatic heterocycles. The van der Waals surface area contributed by atoms with Gasteiger partial charge in [-0.25, -0.2) is 4.79 Å². The first-order valence-corrected chi connectivity index (χ1v) is 14.4. The summed E-state index contributed by atoms with van der Waals surface area (Å²) in [5, 5.41) is 7.93. The molecule has 3 amide bonds. The molecule has 0 spiro atoms. The third kappa shape index (κ3) is 7.36.